The topological polar surface area (TPSA) is 24.1 Å². The molecule has 0 radical (unpaired) electrons. The van der Waals surface area contributed by atoms with Crippen LogP contribution in [0.1, 0.15) is 25.7 Å². The van der Waals surface area contributed by atoms with Crippen LogP contribution in [0.15, 0.2) is 22.7 Å². The van der Waals surface area contributed by atoms with E-state index in [1.165, 1.54) is 37.1 Å². The van der Waals surface area contributed by atoms with Crippen LogP contribution < -0.4 is 10.6 Å². The highest BCUT2D eigenvalue weighted by Crippen LogP contribution is 2.41. The molecule has 3 rings (SSSR count). The van der Waals surface area contributed by atoms with E-state index in [2.05, 4.69) is 44.8 Å². The van der Waals surface area contributed by atoms with Crippen molar-refractivity contribution in [2.75, 3.05) is 23.7 Å². The van der Waals surface area contributed by atoms with Crippen molar-refractivity contribution in [2.24, 2.45) is 5.41 Å². The Morgan fingerprint density at radius 2 is 1.69 bits per heavy atom. The van der Waals surface area contributed by atoms with Crippen molar-refractivity contribution in [2.45, 2.75) is 25.7 Å². The van der Waals surface area contributed by atoms with E-state index in [4.69, 9.17) is 0 Å². The molecule has 0 amide bonds. The van der Waals surface area contributed by atoms with Crippen LogP contribution in [0.5, 0.6) is 0 Å². The van der Waals surface area contributed by atoms with Gasteiger partial charge in [-0.2, -0.15) is 0 Å². The maximum absolute atomic E-state index is 3.61. The standard InChI is InChI=1S/C13H17BrN2/c14-10-3-4-11-12(7-10)16-9-13(8-15-11)5-1-2-6-13/h3-4,7,15-16H,1-2,5-6,8-9H2. The third kappa shape index (κ3) is 1.81. The molecule has 16 heavy (non-hydrogen) atoms. The average molecular weight is 281 g/mol. The molecule has 1 aliphatic heterocycles. The summed E-state index contributed by atoms with van der Waals surface area (Å²) in [4.78, 5) is 0. The Labute approximate surface area is 105 Å². The summed E-state index contributed by atoms with van der Waals surface area (Å²) in [5, 5.41) is 7.21. The third-order valence-corrected chi connectivity index (χ3v) is 4.45. The highest BCUT2D eigenvalue weighted by molar-refractivity contribution is 9.10. The summed E-state index contributed by atoms with van der Waals surface area (Å²) in [6, 6.07) is 6.41. The van der Waals surface area contributed by atoms with E-state index in [9.17, 15) is 0 Å². The number of hydrogen-bond donors (Lipinski definition) is 2. The summed E-state index contributed by atoms with van der Waals surface area (Å²) < 4.78 is 1.14. The van der Waals surface area contributed by atoms with Crippen molar-refractivity contribution in [1.29, 1.82) is 0 Å². The lowest BCUT2D eigenvalue weighted by molar-refractivity contribution is 0.346. The fourth-order valence-electron chi connectivity index (χ4n) is 2.92. The van der Waals surface area contributed by atoms with Gasteiger partial charge in [-0.15, -0.1) is 0 Å². The van der Waals surface area contributed by atoms with E-state index >= 15 is 0 Å². The molecule has 1 saturated carbocycles. The molecule has 2 aliphatic rings. The lowest BCUT2D eigenvalue weighted by Gasteiger charge is -2.26. The lowest BCUT2D eigenvalue weighted by Crippen LogP contribution is -2.31. The molecule has 1 spiro atoms. The van der Waals surface area contributed by atoms with Gasteiger partial charge in [-0.3, -0.25) is 0 Å². The molecular formula is C13H17BrN2. The first-order valence-corrected chi connectivity index (χ1v) is 6.84. The Kier molecular flexibility index (Phi) is 2.58. The quantitative estimate of drug-likeness (QED) is 0.755. The van der Waals surface area contributed by atoms with E-state index in [0.717, 1.165) is 17.6 Å². The zero-order valence-electron chi connectivity index (χ0n) is 9.35. The molecule has 0 bridgehead atoms. The van der Waals surface area contributed by atoms with Gasteiger partial charge in [-0.1, -0.05) is 28.8 Å². The first-order valence-electron chi connectivity index (χ1n) is 6.05. The lowest BCUT2D eigenvalue weighted by atomic mass is 9.86. The summed E-state index contributed by atoms with van der Waals surface area (Å²) in [6.45, 7) is 2.23. The van der Waals surface area contributed by atoms with Gasteiger partial charge in [-0.05, 0) is 31.0 Å². The first kappa shape index (κ1) is 10.5. The largest absolute Gasteiger partial charge is 0.383 e. The Bertz CT molecular complexity index is 397. The van der Waals surface area contributed by atoms with Crippen molar-refractivity contribution in [3.8, 4) is 0 Å². The van der Waals surface area contributed by atoms with Crippen LogP contribution in [0, 0.1) is 5.41 Å². The second-order valence-electron chi connectivity index (χ2n) is 5.10. The fourth-order valence-corrected chi connectivity index (χ4v) is 3.28. The van der Waals surface area contributed by atoms with Crippen molar-refractivity contribution in [1.82, 2.24) is 0 Å². The number of fused-ring (bicyclic) bond motifs is 1. The number of halogens is 1. The minimum atomic E-state index is 0.492. The molecule has 3 heteroatoms. The molecular weight excluding hydrogens is 264 g/mol. The van der Waals surface area contributed by atoms with E-state index in [1.54, 1.807) is 0 Å². The fraction of sp³-hybridized carbons (Fsp3) is 0.538. The van der Waals surface area contributed by atoms with Gasteiger partial charge in [0.2, 0.25) is 0 Å². The molecule has 0 atom stereocenters. The average Bonchev–Trinajstić information content (AvgIpc) is 2.66. The Morgan fingerprint density at radius 3 is 2.44 bits per heavy atom. The second kappa shape index (κ2) is 3.95. The maximum Gasteiger partial charge on any atom is 0.0587 e. The summed E-state index contributed by atoms with van der Waals surface area (Å²) in [5.41, 5.74) is 2.97. The van der Waals surface area contributed by atoms with Crippen molar-refractivity contribution < 1.29 is 0 Å². The molecule has 1 aliphatic carbocycles. The van der Waals surface area contributed by atoms with Crippen molar-refractivity contribution in [3.63, 3.8) is 0 Å². The van der Waals surface area contributed by atoms with Gasteiger partial charge in [0.05, 0.1) is 11.4 Å². The third-order valence-electron chi connectivity index (χ3n) is 3.95. The van der Waals surface area contributed by atoms with Gasteiger partial charge in [0.1, 0.15) is 0 Å². The molecule has 1 aromatic carbocycles. The van der Waals surface area contributed by atoms with Gasteiger partial charge in [0, 0.05) is 23.0 Å². The molecule has 2 N–H and O–H groups in total. The summed E-state index contributed by atoms with van der Waals surface area (Å²) >= 11 is 3.52. The van der Waals surface area contributed by atoms with Gasteiger partial charge < -0.3 is 10.6 Å². The van der Waals surface area contributed by atoms with Crippen LogP contribution in [0.3, 0.4) is 0 Å². The molecule has 0 unspecified atom stereocenters. The SMILES string of the molecule is Brc1ccc2c(c1)NCC1(CCCC1)CN2. The number of rotatable bonds is 0. The van der Waals surface area contributed by atoms with Gasteiger partial charge in [0.15, 0.2) is 0 Å². The molecule has 1 heterocycles. The van der Waals surface area contributed by atoms with Crippen LogP contribution in [0.25, 0.3) is 0 Å². The predicted octanol–water partition coefficient (Wildman–Crippen LogP) is 3.85. The zero-order chi connectivity index (χ0) is 11.0. The van der Waals surface area contributed by atoms with E-state index < -0.39 is 0 Å². The molecule has 1 fully saturated rings. The molecule has 1 aromatic rings. The Balaban J connectivity index is 1.86. The molecule has 2 nitrogen and oxygen atoms in total. The van der Waals surface area contributed by atoms with Gasteiger partial charge in [-0.25, -0.2) is 0 Å². The predicted molar refractivity (Wildman–Crippen MR) is 72.0 cm³/mol. The van der Waals surface area contributed by atoms with E-state index in [-0.39, 0.29) is 0 Å². The number of anilines is 2. The number of hydrogen-bond acceptors (Lipinski definition) is 2. The Morgan fingerprint density at radius 1 is 1.00 bits per heavy atom. The van der Waals surface area contributed by atoms with Crippen LogP contribution in [-0.4, -0.2) is 13.1 Å². The van der Waals surface area contributed by atoms with Gasteiger partial charge >= 0.3 is 0 Å². The second-order valence-corrected chi connectivity index (χ2v) is 6.02. The maximum atomic E-state index is 3.61. The molecule has 86 valence electrons. The Hall–Kier alpha value is -0.700. The summed E-state index contributed by atoms with van der Waals surface area (Å²) in [6.07, 6.45) is 5.51. The minimum absolute atomic E-state index is 0.492. The number of nitrogens with one attached hydrogen (secondary N) is 2. The molecule has 0 aromatic heterocycles. The van der Waals surface area contributed by atoms with Crippen LogP contribution in [0.4, 0.5) is 11.4 Å². The van der Waals surface area contributed by atoms with E-state index in [1.807, 2.05) is 0 Å². The van der Waals surface area contributed by atoms with Crippen molar-refractivity contribution >= 4 is 27.3 Å². The van der Waals surface area contributed by atoms with Crippen molar-refractivity contribution in [3.05, 3.63) is 22.7 Å². The highest BCUT2D eigenvalue weighted by atomic mass is 79.9. The normalized spacial score (nSPS) is 22.1. The van der Waals surface area contributed by atoms with E-state index in [0.29, 0.717) is 5.41 Å². The van der Waals surface area contributed by atoms with Crippen LogP contribution in [-0.2, 0) is 0 Å². The summed E-state index contributed by atoms with van der Waals surface area (Å²) in [7, 11) is 0. The summed E-state index contributed by atoms with van der Waals surface area (Å²) in [5.74, 6) is 0. The van der Waals surface area contributed by atoms with Crippen LogP contribution >= 0.6 is 15.9 Å². The van der Waals surface area contributed by atoms with Crippen LogP contribution in [0.2, 0.25) is 0 Å². The smallest absolute Gasteiger partial charge is 0.0587 e. The van der Waals surface area contributed by atoms with Gasteiger partial charge in [0.25, 0.3) is 0 Å². The number of benzene rings is 1. The highest BCUT2D eigenvalue weighted by Gasteiger charge is 2.35. The zero-order valence-corrected chi connectivity index (χ0v) is 10.9. The first-order chi connectivity index (χ1) is 7.77. The molecule has 0 saturated heterocycles. The monoisotopic (exact) mass is 280 g/mol. The minimum Gasteiger partial charge on any atom is -0.383 e.